The van der Waals surface area contributed by atoms with Crippen molar-refractivity contribution in [2.75, 3.05) is 33.8 Å². The standard InChI is InChI=1S/C22H30N4O3/c1-5-26(6-2)22(28)24-15-10-16-17-7-13(21(27)29-4)8-18-20(17)14(11-23-18)9-19(16)25(3)12-15/h7-8,11,15-16,19,23H,5-6,9-10,12H2,1-4H3,(H,24,28)/t15-,16+,19+/m0/s1. The zero-order valence-corrected chi connectivity index (χ0v) is 17.6. The average molecular weight is 399 g/mol. The van der Waals surface area contributed by atoms with Crippen LogP contribution >= 0.6 is 0 Å². The third-order valence-corrected chi connectivity index (χ3v) is 6.60. The van der Waals surface area contributed by atoms with Crippen molar-refractivity contribution in [3.8, 4) is 0 Å². The fourth-order valence-electron chi connectivity index (χ4n) is 5.13. The Balaban J connectivity index is 1.67. The van der Waals surface area contributed by atoms with Crippen LogP contribution in [0.15, 0.2) is 18.3 Å². The van der Waals surface area contributed by atoms with E-state index in [1.165, 1.54) is 23.6 Å². The molecule has 2 N–H and O–H groups in total. The van der Waals surface area contributed by atoms with Crippen molar-refractivity contribution in [2.45, 2.75) is 44.7 Å². The summed E-state index contributed by atoms with van der Waals surface area (Å²) in [6.45, 7) is 6.22. The van der Waals surface area contributed by atoms with Crippen LogP contribution in [0.1, 0.15) is 47.7 Å². The Morgan fingerprint density at radius 3 is 2.76 bits per heavy atom. The Kier molecular flexibility index (Phi) is 5.25. The molecule has 2 heterocycles. The first-order valence-corrected chi connectivity index (χ1v) is 10.4. The minimum atomic E-state index is -0.322. The summed E-state index contributed by atoms with van der Waals surface area (Å²) >= 11 is 0. The molecule has 0 unspecified atom stereocenters. The van der Waals surface area contributed by atoms with E-state index in [9.17, 15) is 9.59 Å². The molecule has 0 spiro atoms. The summed E-state index contributed by atoms with van der Waals surface area (Å²) in [5, 5.41) is 4.45. The zero-order chi connectivity index (χ0) is 20.7. The number of aromatic amines is 1. The van der Waals surface area contributed by atoms with Crippen LogP contribution in [-0.2, 0) is 11.2 Å². The lowest BCUT2D eigenvalue weighted by Crippen LogP contribution is -2.56. The number of hydrogen-bond acceptors (Lipinski definition) is 4. The number of methoxy groups -OCH3 is 1. The molecule has 2 amide bonds. The molecule has 1 fully saturated rings. The summed E-state index contributed by atoms with van der Waals surface area (Å²) in [5.41, 5.74) is 4.03. The monoisotopic (exact) mass is 398 g/mol. The van der Waals surface area contributed by atoms with E-state index in [0.29, 0.717) is 24.7 Å². The van der Waals surface area contributed by atoms with Crippen molar-refractivity contribution >= 4 is 22.9 Å². The van der Waals surface area contributed by atoms with Crippen LogP contribution < -0.4 is 5.32 Å². The number of urea groups is 1. The maximum atomic E-state index is 12.6. The largest absolute Gasteiger partial charge is 0.465 e. The van der Waals surface area contributed by atoms with E-state index in [2.05, 4.69) is 28.4 Å². The average Bonchev–Trinajstić information content (AvgIpc) is 3.12. The highest BCUT2D eigenvalue weighted by Crippen LogP contribution is 2.43. The third kappa shape index (κ3) is 3.37. The molecule has 4 rings (SSSR count). The van der Waals surface area contributed by atoms with E-state index < -0.39 is 0 Å². The summed E-state index contributed by atoms with van der Waals surface area (Å²) in [7, 11) is 3.54. The molecule has 7 nitrogen and oxygen atoms in total. The lowest BCUT2D eigenvalue weighted by Gasteiger charge is -2.46. The molecule has 2 aliphatic rings. The zero-order valence-electron chi connectivity index (χ0n) is 17.6. The molecule has 3 atom stereocenters. The molecule has 0 saturated carbocycles. The second-order valence-corrected chi connectivity index (χ2v) is 8.17. The number of nitrogens with one attached hydrogen (secondary N) is 2. The van der Waals surface area contributed by atoms with E-state index in [1.807, 2.05) is 30.9 Å². The smallest absolute Gasteiger partial charge is 0.337 e. The number of H-pyrrole nitrogens is 1. The first-order chi connectivity index (χ1) is 14.0. The van der Waals surface area contributed by atoms with Gasteiger partial charge in [-0.3, -0.25) is 0 Å². The van der Waals surface area contributed by atoms with Crippen molar-refractivity contribution in [1.82, 2.24) is 20.1 Å². The van der Waals surface area contributed by atoms with Gasteiger partial charge in [0, 0.05) is 54.7 Å². The van der Waals surface area contributed by atoms with Gasteiger partial charge in [0.05, 0.1) is 12.7 Å². The first kappa shape index (κ1) is 19.8. The number of likely N-dealkylation sites (tertiary alicyclic amines) is 1. The Morgan fingerprint density at radius 2 is 2.07 bits per heavy atom. The molecule has 2 aromatic rings. The fourth-order valence-corrected chi connectivity index (χ4v) is 5.13. The Bertz CT molecular complexity index is 934. The molecule has 1 aliphatic heterocycles. The summed E-state index contributed by atoms with van der Waals surface area (Å²) in [6.07, 6.45) is 3.91. The second kappa shape index (κ2) is 7.71. The molecule has 156 valence electrons. The first-order valence-electron chi connectivity index (χ1n) is 10.4. The second-order valence-electron chi connectivity index (χ2n) is 8.17. The van der Waals surface area contributed by atoms with Crippen LogP contribution in [0.4, 0.5) is 4.79 Å². The third-order valence-electron chi connectivity index (χ3n) is 6.60. The van der Waals surface area contributed by atoms with E-state index >= 15 is 0 Å². The quantitative estimate of drug-likeness (QED) is 0.777. The van der Waals surface area contributed by atoms with Gasteiger partial charge in [-0.05, 0) is 57.0 Å². The summed E-state index contributed by atoms with van der Waals surface area (Å²) in [6, 6.07) is 4.30. The summed E-state index contributed by atoms with van der Waals surface area (Å²) in [5.74, 6) is -0.0665. The Hall–Kier alpha value is -2.54. The number of piperidine rings is 1. The SMILES string of the molecule is CCN(CC)C(=O)N[C@H]1C[C@@H]2c3cc(C(=O)OC)cc4[nH]cc(c34)C[C@H]2N(C)C1. The van der Waals surface area contributed by atoms with Crippen molar-refractivity contribution in [3.05, 3.63) is 35.0 Å². The van der Waals surface area contributed by atoms with Gasteiger partial charge in [-0.15, -0.1) is 0 Å². The topological polar surface area (TPSA) is 77.7 Å². The molecule has 0 radical (unpaired) electrons. The number of esters is 1. The highest BCUT2D eigenvalue weighted by Gasteiger charge is 2.40. The number of carbonyl (C=O) groups is 2. The molecule has 7 heteroatoms. The van der Waals surface area contributed by atoms with Crippen LogP contribution in [-0.4, -0.2) is 72.7 Å². The number of amides is 2. The van der Waals surface area contributed by atoms with Gasteiger partial charge in [-0.2, -0.15) is 0 Å². The Labute approximate surface area is 171 Å². The van der Waals surface area contributed by atoms with Gasteiger partial charge < -0.3 is 24.8 Å². The van der Waals surface area contributed by atoms with Crippen LogP contribution in [0.5, 0.6) is 0 Å². The van der Waals surface area contributed by atoms with E-state index in [0.717, 1.165) is 24.9 Å². The van der Waals surface area contributed by atoms with E-state index in [1.54, 1.807) is 0 Å². The predicted molar refractivity (Wildman–Crippen MR) is 112 cm³/mol. The number of fused-ring (bicyclic) bond motifs is 2. The molecule has 0 bridgehead atoms. The highest BCUT2D eigenvalue weighted by atomic mass is 16.5. The molecule has 1 aliphatic carbocycles. The van der Waals surface area contributed by atoms with Gasteiger partial charge >= 0.3 is 12.0 Å². The molecule has 29 heavy (non-hydrogen) atoms. The number of nitrogens with zero attached hydrogens (tertiary/aromatic N) is 2. The fraction of sp³-hybridized carbons (Fsp3) is 0.545. The summed E-state index contributed by atoms with van der Waals surface area (Å²) in [4.78, 5) is 32.3. The lowest BCUT2D eigenvalue weighted by atomic mass is 9.73. The van der Waals surface area contributed by atoms with Crippen LogP contribution in [0.3, 0.4) is 0 Å². The Morgan fingerprint density at radius 1 is 1.31 bits per heavy atom. The van der Waals surface area contributed by atoms with Gasteiger partial charge in [-0.25, -0.2) is 9.59 Å². The minimum Gasteiger partial charge on any atom is -0.465 e. The maximum Gasteiger partial charge on any atom is 0.337 e. The lowest BCUT2D eigenvalue weighted by molar-refractivity contribution is 0.0600. The van der Waals surface area contributed by atoms with Crippen LogP contribution in [0.25, 0.3) is 10.9 Å². The number of benzene rings is 1. The molecule has 1 aromatic carbocycles. The van der Waals surface area contributed by atoms with Crippen molar-refractivity contribution < 1.29 is 14.3 Å². The maximum absolute atomic E-state index is 12.6. The van der Waals surface area contributed by atoms with Gasteiger partial charge in [0.2, 0.25) is 0 Å². The minimum absolute atomic E-state index is 0.00143. The van der Waals surface area contributed by atoms with Crippen molar-refractivity contribution in [1.29, 1.82) is 0 Å². The number of carbonyl (C=O) groups excluding carboxylic acids is 2. The van der Waals surface area contributed by atoms with Crippen LogP contribution in [0, 0.1) is 0 Å². The van der Waals surface area contributed by atoms with Gasteiger partial charge in [0.15, 0.2) is 0 Å². The number of ether oxygens (including phenoxy) is 1. The molecule has 1 aromatic heterocycles. The van der Waals surface area contributed by atoms with E-state index in [4.69, 9.17) is 4.74 Å². The van der Waals surface area contributed by atoms with Gasteiger partial charge in [0.1, 0.15) is 0 Å². The molecular weight excluding hydrogens is 368 g/mol. The van der Waals surface area contributed by atoms with Crippen molar-refractivity contribution in [2.24, 2.45) is 0 Å². The van der Waals surface area contributed by atoms with Gasteiger partial charge in [-0.1, -0.05) is 0 Å². The summed E-state index contributed by atoms with van der Waals surface area (Å²) < 4.78 is 4.97. The number of rotatable bonds is 4. The number of hydrogen-bond donors (Lipinski definition) is 2. The highest BCUT2D eigenvalue weighted by molar-refractivity contribution is 5.97. The number of aromatic nitrogens is 1. The molecule has 1 saturated heterocycles. The van der Waals surface area contributed by atoms with Gasteiger partial charge in [0.25, 0.3) is 0 Å². The van der Waals surface area contributed by atoms with E-state index in [-0.39, 0.29) is 24.0 Å². The molecular formula is C22H30N4O3. The number of likely N-dealkylation sites (N-methyl/N-ethyl adjacent to an activating group) is 1. The van der Waals surface area contributed by atoms with Crippen molar-refractivity contribution in [3.63, 3.8) is 0 Å². The van der Waals surface area contributed by atoms with Crippen LogP contribution in [0.2, 0.25) is 0 Å². The normalized spacial score (nSPS) is 23.5. The predicted octanol–water partition coefficient (Wildman–Crippen LogP) is 2.72.